The predicted molar refractivity (Wildman–Crippen MR) is 93.5 cm³/mol. The molecule has 0 bridgehead atoms. The quantitative estimate of drug-likeness (QED) is 0.701. The molecule has 1 amide bonds. The van der Waals surface area contributed by atoms with Gasteiger partial charge in [0.15, 0.2) is 0 Å². The van der Waals surface area contributed by atoms with Crippen molar-refractivity contribution in [1.29, 1.82) is 0 Å². The molecule has 1 N–H and O–H groups in total. The number of nitrogens with one attached hydrogen (secondary N) is 1. The summed E-state index contributed by atoms with van der Waals surface area (Å²) in [5.41, 5.74) is -0.197. The van der Waals surface area contributed by atoms with Crippen molar-refractivity contribution < 1.29 is 13.9 Å². The summed E-state index contributed by atoms with van der Waals surface area (Å²) in [6.07, 6.45) is 0. The molecule has 0 saturated carbocycles. The van der Waals surface area contributed by atoms with Crippen LogP contribution in [0.4, 0.5) is 5.69 Å². The maximum atomic E-state index is 12.4. The Labute approximate surface area is 146 Å². The number of halogens is 2. The maximum absolute atomic E-state index is 12.4. The Bertz CT molecular complexity index is 998. The molecule has 1 heterocycles. The fraction of sp³-hybridized carbons (Fsp3) is 0.0588. The fourth-order valence-corrected chi connectivity index (χ4v) is 2.61. The van der Waals surface area contributed by atoms with E-state index in [1.54, 1.807) is 30.3 Å². The highest BCUT2D eigenvalue weighted by atomic mass is 35.5. The van der Waals surface area contributed by atoms with Crippen LogP contribution >= 0.6 is 23.2 Å². The van der Waals surface area contributed by atoms with Gasteiger partial charge in [-0.1, -0.05) is 23.2 Å². The van der Waals surface area contributed by atoms with Gasteiger partial charge >= 0.3 is 5.63 Å². The highest BCUT2D eigenvalue weighted by Crippen LogP contribution is 2.26. The molecule has 5 nitrogen and oxygen atoms in total. The van der Waals surface area contributed by atoms with E-state index >= 15 is 0 Å². The van der Waals surface area contributed by atoms with Gasteiger partial charge in [0.25, 0.3) is 5.91 Å². The van der Waals surface area contributed by atoms with Gasteiger partial charge in [0.05, 0.1) is 17.8 Å². The molecule has 0 aliphatic heterocycles. The van der Waals surface area contributed by atoms with E-state index in [1.165, 1.54) is 19.2 Å². The van der Waals surface area contributed by atoms with Gasteiger partial charge in [0.1, 0.15) is 16.9 Å². The highest BCUT2D eigenvalue weighted by Gasteiger charge is 2.15. The summed E-state index contributed by atoms with van der Waals surface area (Å²) in [4.78, 5) is 24.4. The van der Waals surface area contributed by atoms with Gasteiger partial charge in [-0.3, -0.25) is 4.79 Å². The number of hydrogen-bond acceptors (Lipinski definition) is 4. The number of carbonyl (C=O) groups is 1. The van der Waals surface area contributed by atoms with E-state index in [4.69, 9.17) is 32.4 Å². The molecular weight excluding hydrogens is 353 g/mol. The van der Waals surface area contributed by atoms with Crippen molar-refractivity contribution in [3.05, 3.63) is 68.5 Å². The Kier molecular flexibility index (Phi) is 4.46. The molecule has 122 valence electrons. The van der Waals surface area contributed by atoms with Gasteiger partial charge in [-0.15, -0.1) is 0 Å². The summed E-state index contributed by atoms with van der Waals surface area (Å²) in [5, 5.41) is 3.88. The lowest BCUT2D eigenvalue weighted by atomic mass is 10.1. The first kappa shape index (κ1) is 16.4. The topological polar surface area (TPSA) is 68.5 Å². The fourth-order valence-electron chi connectivity index (χ4n) is 2.16. The zero-order valence-corrected chi connectivity index (χ0v) is 13.9. The summed E-state index contributed by atoms with van der Waals surface area (Å²) in [7, 11) is 1.51. The molecule has 0 aliphatic carbocycles. The number of rotatable bonds is 3. The van der Waals surface area contributed by atoms with E-state index in [0.717, 1.165) is 0 Å². The van der Waals surface area contributed by atoms with Gasteiger partial charge in [-0.05, 0) is 36.4 Å². The van der Waals surface area contributed by atoms with Crippen molar-refractivity contribution in [3.63, 3.8) is 0 Å². The lowest BCUT2D eigenvalue weighted by Gasteiger charge is -2.08. The minimum Gasteiger partial charge on any atom is -0.497 e. The summed E-state index contributed by atoms with van der Waals surface area (Å²) >= 11 is 11.8. The van der Waals surface area contributed by atoms with Crippen molar-refractivity contribution >= 4 is 45.8 Å². The minimum absolute atomic E-state index is 0.126. The lowest BCUT2D eigenvalue weighted by molar-refractivity contribution is 0.102. The van der Waals surface area contributed by atoms with Crippen LogP contribution in [0.5, 0.6) is 5.75 Å². The van der Waals surface area contributed by atoms with Crippen LogP contribution in [0.3, 0.4) is 0 Å². The van der Waals surface area contributed by atoms with Crippen LogP contribution in [0.25, 0.3) is 11.0 Å². The molecule has 2 aromatic carbocycles. The molecule has 0 atom stereocenters. The number of benzene rings is 2. The summed E-state index contributed by atoms with van der Waals surface area (Å²) in [5.74, 6) is -0.0681. The smallest absolute Gasteiger partial charge is 0.349 e. The van der Waals surface area contributed by atoms with Gasteiger partial charge < -0.3 is 14.5 Å². The third-order valence-electron chi connectivity index (χ3n) is 3.37. The Morgan fingerprint density at radius 3 is 2.62 bits per heavy atom. The molecule has 3 rings (SSSR count). The standard InChI is InChI=1S/C17H11Cl2NO4/c1-23-11-4-2-9-6-12(17(22)24-15(9)8-11)16(21)20-14-5-3-10(18)7-13(14)19/h2-8H,1H3,(H,20,21). The Balaban J connectivity index is 1.97. The number of hydrogen-bond donors (Lipinski definition) is 1. The zero-order chi connectivity index (χ0) is 17.3. The van der Waals surface area contributed by atoms with Crippen LogP contribution in [0, 0.1) is 0 Å². The average Bonchev–Trinajstić information content (AvgIpc) is 2.56. The molecule has 0 radical (unpaired) electrons. The van der Waals surface area contributed by atoms with Gasteiger partial charge in [-0.2, -0.15) is 0 Å². The average molecular weight is 364 g/mol. The van der Waals surface area contributed by atoms with Crippen LogP contribution in [0.2, 0.25) is 10.0 Å². The second kappa shape index (κ2) is 6.55. The maximum Gasteiger partial charge on any atom is 0.349 e. The first-order chi connectivity index (χ1) is 11.5. The summed E-state index contributed by atoms with van der Waals surface area (Å²) in [6, 6.07) is 11.1. The van der Waals surface area contributed by atoms with E-state index in [0.29, 0.717) is 27.4 Å². The largest absolute Gasteiger partial charge is 0.497 e. The van der Waals surface area contributed by atoms with Crippen molar-refractivity contribution in [2.45, 2.75) is 0 Å². The number of carbonyl (C=O) groups excluding carboxylic acids is 1. The first-order valence-electron chi connectivity index (χ1n) is 6.86. The summed E-state index contributed by atoms with van der Waals surface area (Å²) in [6.45, 7) is 0. The third-order valence-corrected chi connectivity index (χ3v) is 3.91. The van der Waals surface area contributed by atoms with E-state index in [-0.39, 0.29) is 10.6 Å². The van der Waals surface area contributed by atoms with Gasteiger partial charge in [0, 0.05) is 16.5 Å². The number of ether oxygens (including phenoxy) is 1. The number of methoxy groups -OCH3 is 1. The minimum atomic E-state index is -0.752. The van der Waals surface area contributed by atoms with E-state index in [2.05, 4.69) is 5.32 Å². The number of anilines is 1. The van der Waals surface area contributed by atoms with Crippen molar-refractivity contribution in [1.82, 2.24) is 0 Å². The molecule has 7 heteroatoms. The second-order valence-electron chi connectivity index (χ2n) is 4.93. The van der Waals surface area contributed by atoms with Crippen LogP contribution in [0.1, 0.15) is 10.4 Å². The van der Waals surface area contributed by atoms with Crippen LogP contribution in [-0.4, -0.2) is 13.0 Å². The van der Waals surface area contributed by atoms with Crippen LogP contribution in [0.15, 0.2) is 51.7 Å². The van der Waals surface area contributed by atoms with E-state index < -0.39 is 11.5 Å². The Morgan fingerprint density at radius 2 is 1.92 bits per heavy atom. The molecule has 0 aliphatic rings. The second-order valence-corrected chi connectivity index (χ2v) is 5.77. The third kappa shape index (κ3) is 3.22. The Morgan fingerprint density at radius 1 is 1.12 bits per heavy atom. The highest BCUT2D eigenvalue weighted by molar-refractivity contribution is 6.36. The molecule has 3 aromatic rings. The van der Waals surface area contributed by atoms with E-state index in [9.17, 15) is 9.59 Å². The SMILES string of the molecule is COc1ccc2cc(C(=O)Nc3ccc(Cl)cc3Cl)c(=O)oc2c1. The summed E-state index contributed by atoms with van der Waals surface area (Å²) < 4.78 is 10.3. The van der Waals surface area contributed by atoms with Crippen LogP contribution < -0.4 is 15.7 Å². The normalized spacial score (nSPS) is 10.6. The molecule has 24 heavy (non-hydrogen) atoms. The Hall–Kier alpha value is -2.50. The van der Waals surface area contributed by atoms with Crippen molar-refractivity contribution in [2.24, 2.45) is 0 Å². The molecule has 0 unspecified atom stereocenters. The molecule has 0 spiro atoms. The monoisotopic (exact) mass is 363 g/mol. The molecule has 0 saturated heterocycles. The van der Waals surface area contributed by atoms with Crippen molar-refractivity contribution in [3.8, 4) is 5.75 Å². The molecular formula is C17H11Cl2NO4. The molecule has 1 aromatic heterocycles. The number of fused-ring (bicyclic) bond motifs is 1. The molecule has 0 fully saturated rings. The van der Waals surface area contributed by atoms with Crippen molar-refractivity contribution in [2.75, 3.05) is 12.4 Å². The van der Waals surface area contributed by atoms with E-state index in [1.807, 2.05) is 0 Å². The van der Waals surface area contributed by atoms with Gasteiger partial charge in [-0.25, -0.2) is 4.79 Å². The first-order valence-corrected chi connectivity index (χ1v) is 7.62. The van der Waals surface area contributed by atoms with Gasteiger partial charge in [0.2, 0.25) is 0 Å². The zero-order valence-electron chi connectivity index (χ0n) is 12.4. The predicted octanol–water partition coefficient (Wildman–Crippen LogP) is 4.36. The number of amides is 1. The lowest BCUT2D eigenvalue weighted by Crippen LogP contribution is -2.20. The van der Waals surface area contributed by atoms with Crippen LogP contribution in [-0.2, 0) is 0 Å².